The molecular formula is C19H17BrClFN2O3. The van der Waals surface area contributed by atoms with Gasteiger partial charge >= 0.3 is 6.09 Å². The van der Waals surface area contributed by atoms with Crippen LogP contribution in [0, 0.1) is 5.82 Å². The van der Waals surface area contributed by atoms with Crippen LogP contribution in [0.2, 0.25) is 5.02 Å². The van der Waals surface area contributed by atoms with Crippen molar-refractivity contribution in [2.75, 3.05) is 13.1 Å². The third kappa shape index (κ3) is 4.99. The zero-order valence-corrected chi connectivity index (χ0v) is 16.6. The summed E-state index contributed by atoms with van der Waals surface area (Å²) in [5.74, 6) is -1.24. The minimum atomic E-state index is -0.696. The second kappa shape index (κ2) is 8.71. The lowest BCUT2D eigenvalue weighted by atomic mass is 10.1. The lowest BCUT2D eigenvalue weighted by Crippen LogP contribution is -2.38. The molecule has 0 radical (unpaired) electrons. The molecule has 0 aromatic heterocycles. The Kier molecular flexibility index (Phi) is 6.34. The Labute approximate surface area is 169 Å². The Morgan fingerprint density at radius 2 is 2.04 bits per heavy atom. The molecule has 2 aromatic carbocycles. The number of hydrogen-bond acceptors (Lipinski definition) is 3. The fourth-order valence-corrected chi connectivity index (χ4v) is 3.31. The SMILES string of the molecule is O=C(N[C@H]1CCN(C(=O)OCc2ccccc2)C1)c1cc(Br)c(Cl)cc1F. The number of amides is 2. The van der Waals surface area contributed by atoms with E-state index in [2.05, 4.69) is 21.2 Å². The topological polar surface area (TPSA) is 58.6 Å². The highest BCUT2D eigenvalue weighted by Crippen LogP contribution is 2.26. The van der Waals surface area contributed by atoms with Gasteiger partial charge in [0.05, 0.1) is 10.6 Å². The molecule has 1 aliphatic rings. The average molecular weight is 456 g/mol. The predicted molar refractivity (Wildman–Crippen MR) is 103 cm³/mol. The van der Waals surface area contributed by atoms with Gasteiger partial charge < -0.3 is 15.0 Å². The van der Waals surface area contributed by atoms with E-state index in [4.69, 9.17) is 16.3 Å². The zero-order chi connectivity index (χ0) is 19.4. The summed E-state index contributed by atoms with van der Waals surface area (Å²) < 4.78 is 19.7. The molecular weight excluding hydrogens is 439 g/mol. The van der Waals surface area contributed by atoms with Crippen molar-refractivity contribution in [1.29, 1.82) is 0 Å². The van der Waals surface area contributed by atoms with Crippen LogP contribution in [-0.2, 0) is 11.3 Å². The fourth-order valence-electron chi connectivity index (χ4n) is 2.81. The van der Waals surface area contributed by atoms with Crippen molar-refractivity contribution in [3.63, 3.8) is 0 Å². The Morgan fingerprint density at radius 1 is 1.30 bits per heavy atom. The third-order valence-electron chi connectivity index (χ3n) is 4.24. The monoisotopic (exact) mass is 454 g/mol. The first kappa shape index (κ1) is 19.6. The number of ether oxygens (including phenoxy) is 1. The molecule has 0 bridgehead atoms. The van der Waals surface area contributed by atoms with Crippen molar-refractivity contribution in [3.8, 4) is 0 Å². The van der Waals surface area contributed by atoms with Crippen molar-refractivity contribution < 1.29 is 18.7 Å². The summed E-state index contributed by atoms with van der Waals surface area (Å²) in [6.07, 6.45) is 0.138. The lowest BCUT2D eigenvalue weighted by molar-refractivity contribution is 0.0918. The fraction of sp³-hybridized carbons (Fsp3) is 0.263. The number of carbonyl (C=O) groups is 2. The first-order chi connectivity index (χ1) is 12.9. The van der Waals surface area contributed by atoms with Gasteiger partial charge in [0.1, 0.15) is 12.4 Å². The van der Waals surface area contributed by atoms with Gasteiger partial charge in [0.25, 0.3) is 5.91 Å². The second-order valence-electron chi connectivity index (χ2n) is 6.19. The van der Waals surface area contributed by atoms with E-state index in [9.17, 15) is 14.0 Å². The Hall–Kier alpha value is -2.12. The molecule has 0 aliphatic carbocycles. The number of rotatable bonds is 4. The molecule has 142 valence electrons. The summed E-state index contributed by atoms with van der Waals surface area (Å²) in [5, 5.41) is 2.94. The molecule has 1 aliphatic heterocycles. The summed E-state index contributed by atoms with van der Waals surface area (Å²) in [7, 11) is 0. The number of nitrogens with zero attached hydrogens (tertiary/aromatic N) is 1. The Bertz CT molecular complexity index is 850. The predicted octanol–water partition coefficient (Wildman–Crippen LogP) is 4.38. The van der Waals surface area contributed by atoms with Gasteiger partial charge in [0.2, 0.25) is 0 Å². The van der Waals surface area contributed by atoms with Crippen LogP contribution in [0.4, 0.5) is 9.18 Å². The van der Waals surface area contributed by atoms with E-state index < -0.39 is 17.8 Å². The maximum Gasteiger partial charge on any atom is 0.410 e. The van der Waals surface area contributed by atoms with Gasteiger partial charge in [-0.15, -0.1) is 0 Å². The molecule has 1 heterocycles. The van der Waals surface area contributed by atoms with E-state index in [1.54, 1.807) is 0 Å². The molecule has 3 rings (SSSR count). The van der Waals surface area contributed by atoms with E-state index in [1.165, 1.54) is 11.0 Å². The van der Waals surface area contributed by atoms with Gasteiger partial charge in [0.15, 0.2) is 0 Å². The number of carbonyl (C=O) groups excluding carboxylic acids is 2. The molecule has 0 spiro atoms. The molecule has 1 atom stereocenters. The Morgan fingerprint density at radius 3 is 2.78 bits per heavy atom. The van der Waals surface area contributed by atoms with E-state index in [-0.39, 0.29) is 23.2 Å². The molecule has 0 unspecified atom stereocenters. The van der Waals surface area contributed by atoms with Crippen molar-refractivity contribution in [2.24, 2.45) is 0 Å². The van der Waals surface area contributed by atoms with Gasteiger partial charge in [-0.3, -0.25) is 4.79 Å². The summed E-state index contributed by atoms with van der Waals surface area (Å²) in [6.45, 7) is 0.971. The van der Waals surface area contributed by atoms with Crippen LogP contribution in [0.1, 0.15) is 22.3 Å². The molecule has 2 amide bonds. The first-order valence-electron chi connectivity index (χ1n) is 8.35. The maximum absolute atomic E-state index is 14.0. The van der Waals surface area contributed by atoms with Crippen molar-refractivity contribution in [1.82, 2.24) is 10.2 Å². The van der Waals surface area contributed by atoms with Crippen LogP contribution < -0.4 is 5.32 Å². The molecule has 1 fully saturated rings. The molecule has 8 heteroatoms. The molecule has 5 nitrogen and oxygen atoms in total. The zero-order valence-electron chi connectivity index (χ0n) is 14.3. The number of benzene rings is 2. The van der Waals surface area contributed by atoms with E-state index in [0.717, 1.165) is 11.6 Å². The quantitative estimate of drug-likeness (QED) is 0.696. The first-order valence-corrected chi connectivity index (χ1v) is 9.52. The second-order valence-corrected chi connectivity index (χ2v) is 7.45. The number of nitrogens with one attached hydrogen (secondary N) is 1. The molecule has 1 saturated heterocycles. The molecule has 1 N–H and O–H groups in total. The van der Waals surface area contributed by atoms with Crippen molar-refractivity contribution in [2.45, 2.75) is 19.1 Å². The third-order valence-corrected chi connectivity index (χ3v) is 5.44. The molecule has 2 aromatic rings. The average Bonchev–Trinajstić information content (AvgIpc) is 3.12. The van der Waals surface area contributed by atoms with Gasteiger partial charge in [-0.1, -0.05) is 41.9 Å². The number of hydrogen-bond donors (Lipinski definition) is 1. The van der Waals surface area contributed by atoms with Gasteiger partial charge in [-0.25, -0.2) is 9.18 Å². The number of halogens is 3. The van der Waals surface area contributed by atoms with Crippen LogP contribution in [-0.4, -0.2) is 36.0 Å². The van der Waals surface area contributed by atoms with Crippen LogP contribution >= 0.6 is 27.5 Å². The summed E-state index contributed by atoms with van der Waals surface area (Å²) in [4.78, 5) is 26.0. The molecule has 27 heavy (non-hydrogen) atoms. The number of likely N-dealkylation sites (tertiary alicyclic amines) is 1. The smallest absolute Gasteiger partial charge is 0.410 e. The standard InChI is InChI=1S/C19H17BrClFN2O3/c20-15-8-14(17(22)9-16(15)21)18(25)23-13-6-7-24(10-13)19(26)27-11-12-4-2-1-3-5-12/h1-5,8-9,13H,6-7,10-11H2,(H,23,25)/t13-/m0/s1. The highest BCUT2D eigenvalue weighted by atomic mass is 79.9. The highest BCUT2D eigenvalue weighted by molar-refractivity contribution is 9.10. The van der Waals surface area contributed by atoms with Crippen LogP contribution in [0.15, 0.2) is 46.9 Å². The van der Waals surface area contributed by atoms with Crippen LogP contribution in [0.25, 0.3) is 0 Å². The van der Waals surface area contributed by atoms with E-state index in [0.29, 0.717) is 24.0 Å². The normalized spacial score (nSPS) is 16.3. The lowest BCUT2D eigenvalue weighted by Gasteiger charge is -2.17. The van der Waals surface area contributed by atoms with Crippen LogP contribution in [0.5, 0.6) is 0 Å². The van der Waals surface area contributed by atoms with Gasteiger partial charge in [0, 0.05) is 23.6 Å². The van der Waals surface area contributed by atoms with Gasteiger partial charge in [-0.05, 0) is 40.0 Å². The Balaban J connectivity index is 1.52. The van der Waals surface area contributed by atoms with E-state index >= 15 is 0 Å². The van der Waals surface area contributed by atoms with Gasteiger partial charge in [-0.2, -0.15) is 0 Å². The van der Waals surface area contributed by atoms with Crippen molar-refractivity contribution >= 4 is 39.5 Å². The van der Waals surface area contributed by atoms with Crippen molar-refractivity contribution in [3.05, 3.63) is 68.9 Å². The largest absolute Gasteiger partial charge is 0.445 e. The minimum absolute atomic E-state index is 0.101. The summed E-state index contributed by atoms with van der Waals surface area (Å²) >= 11 is 8.99. The van der Waals surface area contributed by atoms with E-state index in [1.807, 2.05) is 30.3 Å². The van der Waals surface area contributed by atoms with Crippen LogP contribution in [0.3, 0.4) is 0 Å². The highest BCUT2D eigenvalue weighted by Gasteiger charge is 2.29. The summed E-state index contributed by atoms with van der Waals surface area (Å²) in [5.41, 5.74) is 0.801. The minimum Gasteiger partial charge on any atom is -0.445 e. The maximum atomic E-state index is 14.0. The summed E-state index contributed by atoms with van der Waals surface area (Å²) in [6, 6.07) is 11.5. The molecule has 0 saturated carbocycles.